The summed E-state index contributed by atoms with van der Waals surface area (Å²) in [6.45, 7) is 1.13. The molecule has 2 aromatic heterocycles. The molecule has 1 aliphatic heterocycles. The van der Waals surface area contributed by atoms with E-state index in [0.717, 1.165) is 4.90 Å². The lowest BCUT2D eigenvalue weighted by Crippen LogP contribution is -2.43. The van der Waals surface area contributed by atoms with E-state index < -0.39 is 6.03 Å². The molecule has 1 fully saturated rings. The fraction of sp³-hybridized carbons (Fsp3) is 0.308. The first-order valence-corrected chi connectivity index (χ1v) is 6.61. The zero-order valence-corrected chi connectivity index (χ0v) is 11.2. The lowest BCUT2D eigenvalue weighted by atomic mass is 10.2. The van der Waals surface area contributed by atoms with Gasteiger partial charge in [-0.1, -0.05) is 0 Å². The van der Waals surface area contributed by atoms with Crippen molar-refractivity contribution in [3.05, 3.63) is 42.6 Å². The molecule has 2 aromatic rings. The monoisotopic (exact) mass is 289 g/mol. The Balaban J connectivity index is 1.68. The third kappa shape index (κ3) is 2.73. The number of rotatable bonds is 4. The third-order valence-electron chi connectivity index (χ3n) is 3.26. The minimum Gasteiger partial charge on any atom is -0.467 e. The highest BCUT2D eigenvalue weighted by Gasteiger charge is 2.27. The van der Waals surface area contributed by atoms with E-state index in [0.29, 0.717) is 18.8 Å². The standard InChI is InChI=1S/C13H15N5O3/c19-12-14-5-7-17(12)13(20)15-9-10(11-3-1-8-21-11)18-6-2-4-16-18/h1-4,6,8,10H,5,7,9H2,(H,14,19)(H,15,20)/t10-/m0/s1. The van der Waals surface area contributed by atoms with Gasteiger partial charge in [0.1, 0.15) is 11.8 Å². The predicted octanol–water partition coefficient (Wildman–Crippen LogP) is 0.800. The van der Waals surface area contributed by atoms with Crippen LogP contribution in [0.2, 0.25) is 0 Å². The van der Waals surface area contributed by atoms with Crippen LogP contribution >= 0.6 is 0 Å². The minimum absolute atomic E-state index is 0.260. The van der Waals surface area contributed by atoms with Gasteiger partial charge in [0.25, 0.3) is 0 Å². The molecular weight excluding hydrogens is 274 g/mol. The van der Waals surface area contributed by atoms with E-state index in [4.69, 9.17) is 4.42 Å². The van der Waals surface area contributed by atoms with E-state index in [1.54, 1.807) is 35.5 Å². The van der Waals surface area contributed by atoms with Crippen molar-refractivity contribution in [1.29, 1.82) is 0 Å². The van der Waals surface area contributed by atoms with Gasteiger partial charge < -0.3 is 15.1 Å². The fourth-order valence-electron chi connectivity index (χ4n) is 2.22. The maximum atomic E-state index is 12.0. The molecule has 4 amide bonds. The summed E-state index contributed by atoms with van der Waals surface area (Å²) < 4.78 is 7.09. The van der Waals surface area contributed by atoms with Crippen molar-refractivity contribution in [2.45, 2.75) is 6.04 Å². The lowest BCUT2D eigenvalue weighted by Gasteiger charge is -2.18. The molecule has 0 spiro atoms. The summed E-state index contributed by atoms with van der Waals surface area (Å²) in [6, 6.07) is 4.34. The van der Waals surface area contributed by atoms with Crippen LogP contribution in [0.3, 0.4) is 0 Å². The van der Waals surface area contributed by atoms with Crippen LogP contribution in [-0.4, -0.2) is 46.4 Å². The normalized spacial score (nSPS) is 15.8. The average molecular weight is 289 g/mol. The fourth-order valence-corrected chi connectivity index (χ4v) is 2.22. The number of carbonyl (C=O) groups excluding carboxylic acids is 2. The van der Waals surface area contributed by atoms with Gasteiger partial charge in [-0.25, -0.2) is 14.5 Å². The number of nitrogens with zero attached hydrogens (tertiary/aromatic N) is 3. The quantitative estimate of drug-likeness (QED) is 0.870. The van der Waals surface area contributed by atoms with Crippen LogP contribution in [0.25, 0.3) is 0 Å². The summed E-state index contributed by atoms with van der Waals surface area (Å²) in [5, 5.41) is 9.50. The predicted molar refractivity (Wildman–Crippen MR) is 72.6 cm³/mol. The van der Waals surface area contributed by atoms with Crippen molar-refractivity contribution in [2.75, 3.05) is 19.6 Å². The minimum atomic E-state index is -0.422. The van der Waals surface area contributed by atoms with E-state index in [9.17, 15) is 9.59 Å². The van der Waals surface area contributed by atoms with Gasteiger partial charge in [0.2, 0.25) is 0 Å². The molecule has 1 saturated heterocycles. The molecule has 2 N–H and O–H groups in total. The molecule has 0 radical (unpaired) electrons. The highest BCUT2D eigenvalue weighted by atomic mass is 16.3. The number of aromatic nitrogens is 2. The maximum absolute atomic E-state index is 12.0. The zero-order chi connectivity index (χ0) is 14.7. The molecular formula is C13H15N5O3. The number of amides is 4. The summed E-state index contributed by atoms with van der Waals surface area (Å²) in [5.41, 5.74) is 0. The Morgan fingerprint density at radius 1 is 1.52 bits per heavy atom. The largest absolute Gasteiger partial charge is 0.467 e. The van der Waals surface area contributed by atoms with Gasteiger partial charge >= 0.3 is 12.1 Å². The van der Waals surface area contributed by atoms with Crippen LogP contribution < -0.4 is 10.6 Å². The Hall–Kier alpha value is -2.77. The number of nitrogens with one attached hydrogen (secondary N) is 2. The summed E-state index contributed by atoms with van der Waals surface area (Å²) in [6.07, 6.45) is 5.02. The second kappa shape index (κ2) is 5.70. The Bertz CT molecular complexity index is 574. The molecule has 1 atom stereocenters. The van der Waals surface area contributed by atoms with Crippen molar-refractivity contribution in [2.24, 2.45) is 0 Å². The number of hydrogen-bond donors (Lipinski definition) is 2. The van der Waals surface area contributed by atoms with E-state index in [1.165, 1.54) is 0 Å². The molecule has 110 valence electrons. The van der Waals surface area contributed by atoms with Gasteiger partial charge in [0.05, 0.1) is 6.26 Å². The number of urea groups is 2. The van der Waals surface area contributed by atoms with Crippen LogP contribution in [0.1, 0.15) is 11.8 Å². The Labute approximate surface area is 120 Å². The Kier molecular flexibility index (Phi) is 3.59. The van der Waals surface area contributed by atoms with Crippen LogP contribution in [-0.2, 0) is 0 Å². The number of carbonyl (C=O) groups is 2. The lowest BCUT2D eigenvalue weighted by molar-refractivity contribution is 0.197. The molecule has 21 heavy (non-hydrogen) atoms. The van der Waals surface area contributed by atoms with E-state index in [1.807, 2.05) is 6.07 Å². The van der Waals surface area contributed by atoms with Crippen LogP contribution in [0.5, 0.6) is 0 Å². The number of hydrogen-bond acceptors (Lipinski definition) is 4. The summed E-state index contributed by atoms with van der Waals surface area (Å²) in [5.74, 6) is 0.685. The zero-order valence-electron chi connectivity index (χ0n) is 11.2. The molecule has 0 bridgehead atoms. The summed E-state index contributed by atoms with van der Waals surface area (Å²) in [7, 11) is 0. The van der Waals surface area contributed by atoms with Crippen molar-refractivity contribution in [3.63, 3.8) is 0 Å². The molecule has 0 saturated carbocycles. The molecule has 3 rings (SSSR count). The van der Waals surface area contributed by atoms with Crippen LogP contribution in [0, 0.1) is 0 Å². The topological polar surface area (TPSA) is 92.4 Å². The van der Waals surface area contributed by atoms with Crippen LogP contribution in [0.4, 0.5) is 9.59 Å². The van der Waals surface area contributed by atoms with Gasteiger partial charge in [-0.3, -0.25) is 4.68 Å². The summed E-state index contributed by atoms with van der Waals surface area (Å²) in [4.78, 5) is 24.6. The first-order chi connectivity index (χ1) is 10.3. The van der Waals surface area contributed by atoms with Crippen molar-refractivity contribution in [1.82, 2.24) is 25.3 Å². The van der Waals surface area contributed by atoms with Crippen molar-refractivity contribution in [3.8, 4) is 0 Å². The molecule has 0 aromatic carbocycles. The Morgan fingerprint density at radius 2 is 2.43 bits per heavy atom. The first-order valence-electron chi connectivity index (χ1n) is 6.61. The second-order valence-corrected chi connectivity index (χ2v) is 4.59. The molecule has 3 heterocycles. The van der Waals surface area contributed by atoms with Gasteiger partial charge in [-0.05, 0) is 18.2 Å². The molecule has 8 nitrogen and oxygen atoms in total. The van der Waals surface area contributed by atoms with Gasteiger partial charge in [-0.15, -0.1) is 0 Å². The third-order valence-corrected chi connectivity index (χ3v) is 3.26. The van der Waals surface area contributed by atoms with Crippen molar-refractivity contribution < 1.29 is 14.0 Å². The summed E-state index contributed by atoms with van der Waals surface area (Å²) >= 11 is 0. The van der Waals surface area contributed by atoms with Gasteiger partial charge in [-0.2, -0.15) is 5.10 Å². The van der Waals surface area contributed by atoms with Gasteiger partial charge in [0, 0.05) is 32.0 Å². The molecule has 0 aliphatic carbocycles. The molecule has 8 heteroatoms. The average Bonchev–Trinajstić information content (AvgIpc) is 3.21. The van der Waals surface area contributed by atoms with E-state index in [-0.39, 0.29) is 18.6 Å². The smallest absolute Gasteiger partial charge is 0.325 e. The maximum Gasteiger partial charge on any atom is 0.325 e. The Morgan fingerprint density at radius 3 is 3.05 bits per heavy atom. The van der Waals surface area contributed by atoms with Crippen molar-refractivity contribution >= 4 is 12.1 Å². The number of furan rings is 1. The molecule has 0 unspecified atom stereocenters. The van der Waals surface area contributed by atoms with Gasteiger partial charge in [0.15, 0.2) is 0 Å². The highest BCUT2D eigenvalue weighted by molar-refractivity contribution is 5.94. The first kappa shape index (κ1) is 13.2. The van der Waals surface area contributed by atoms with E-state index in [2.05, 4.69) is 15.7 Å². The van der Waals surface area contributed by atoms with E-state index >= 15 is 0 Å². The van der Waals surface area contributed by atoms with Crippen LogP contribution in [0.15, 0.2) is 41.3 Å². The number of imide groups is 1. The molecule has 1 aliphatic rings. The highest BCUT2D eigenvalue weighted by Crippen LogP contribution is 2.17. The SMILES string of the molecule is O=C1NCCN1C(=O)NC[C@@H](c1ccco1)n1cccn1. The second-order valence-electron chi connectivity index (χ2n) is 4.59.